The summed E-state index contributed by atoms with van der Waals surface area (Å²) in [5.41, 5.74) is 0.779. The summed E-state index contributed by atoms with van der Waals surface area (Å²) in [6.45, 7) is 0. The fraction of sp³-hybridized carbons (Fsp3) is 0.125. The molecule has 0 aliphatic carbocycles. The van der Waals surface area contributed by atoms with Gasteiger partial charge >= 0.3 is 5.97 Å². The number of carboxylic acid groups (broad SMARTS) is 1. The number of thiophene rings is 1. The second-order valence-electron chi connectivity index (χ2n) is 4.28. The van der Waals surface area contributed by atoms with E-state index in [0.29, 0.717) is 16.4 Å². The van der Waals surface area contributed by atoms with Gasteiger partial charge in [-0.3, -0.25) is 4.79 Å². The number of carbonyl (C=O) groups excluding carboxylic acids is 1. The van der Waals surface area contributed by atoms with Crippen molar-refractivity contribution in [3.63, 3.8) is 0 Å². The zero-order chi connectivity index (χ0) is 16.1. The number of ketones is 1. The molecule has 1 heterocycles. The fourth-order valence-corrected chi connectivity index (χ4v) is 2.56. The molecule has 2 aromatic rings. The third-order valence-electron chi connectivity index (χ3n) is 2.89. The maximum Gasteiger partial charge on any atom is 0.345 e. The first-order valence-corrected chi connectivity index (χ1v) is 7.14. The molecule has 5 nitrogen and oxygen atoms in total. The molecule has 0 aliphatic heterocycles. The summed E-state index contributed by atoms with van der Waals surface area (Å²) in [7, 11) is 3.09. The largest absolute Gasteiger partial charge is 0.493 e. The maximum absolute atomic E-state index is 12.0. The van der Waals surface area contributed by atoms with Crippen LogP contribution >= 0.6 is 11.3 Å². The number of aromatic carboxylic acids is 1. The molecule has 1 aromatic carbocycles. The minimum Gasteiger partial charge on any atom is -0.493 e. The third-order valence-corrected chi connectivity index (χ3v) is 3.98. The van der Waals surface area contributed by atoms with Crippen molar-refractivity contribution in [3.05, 3.63) is 51.7 Å². The zero-order valence-corrected chi connectivity index (χ0v) is 12.8. The summed E-state index contributed by atoms with van der Waals surface area (Å²) in [6, 6.07) is 8.22. The molecule has 1 N–H and O–H groups in total. The highest BCUT2D eigenvalue weighted by molar-refractivity contribution is 7.16. The summed E-state index contributed by atoms with van der Waals surface area (Å²) in [5, 5.41) is 8.85. The van der Waals surface area contributed by atoms with Crippen LogP contribution in [0.2, 0.25) is 0 Å². The highest BCUT2D eigenvalue weighted by Crippen LogP contribution is 2.28. The molecule has 0 saturated heterocycles. The van der Waals surface area contributed by atoms with Gasteiger partial charge in [0, 0.05) is 0 Å². The molecule has 0 amide bonds. The number of hydrogen-bond acceptors (Lipinski definition) is 5. The summed E-state index contributed by atoms with van der Waals surface area (Å²) < 4.78 is 10.3. The van der Waals surface area contributed by atoms with Gasteiger partial charge in [0.1, 0.15) is 4.88 Å². The van der Waals surface area contributed by atoms with Crippen molar-refractivity contribution in [3.8, 4) is 11.5 Å². The molecule has 0 unspecified atom stereocenters. The van der Waals surface area contributed by atoms with Gasteiger partial charge in [0.15, 0.2) is 17.3 Å². The van der Waals surface area contributed by atoms with E-state index in [4.69, 9.17) is 14.6 Å². The quantitative estimate of drug-likeness (QED) is 0.653. The molecule has 0 aliphatic rings. The van der Waals surface area contributed by atoms with Gasteiger partial charge in [-0.15, -0.1) is 11.3 Å². The summed E-state index contributed by atoms with van der Waals surface area (Å²) >= 11 is 0.953. The minimum atomic E-state index is -1.03. The lowest BCUT2D eigenvalue weighted by atomic mass is 10.1. The Hall–Kier alpha value is -2.60. The van der Waals surface area contributed by atoms with E-state index in [9.17, 15) is 9.59 Å². The predicted octanol–water partition coefficient (Wildman–Crippen LogP) is 3.36. The van der Waals surface area contributed by atoms with Gasteiger partial charge in [-0.1, -0.05) is 12.1 Å². The number of ether oxygens (including phenoxy) is 2. The molecule has 0 atom stereocenters. The predicted molar refractivity (Wildman–Crippen MR) is 84.2 cm³/mol. The molecule has 6 heteroatoms. The molecular formula is C16H14O5S. The van der Waals surface area contributed by atoms with Crippen molar-refractivity contribution in [1.82, 2.24) is 0 Å². The lowest BCUT2D eigenvalue weighted by Crippen LogP contribution is -1.92. The molecule has 0 radical (unpaired) electrons. The van der Waals surface area contributed by atoms with Gasteiger partial charge in [0.25, 0.3) is 0 Å². The number of carboxylic acids is 1. The summed E-state index contributed by atoms with van der Waals surface area (Å²) in [5.74, 6) is -0.100. The third kappa shape index (κ3) is 3.53. The number of carbonyl (C=O) groups is 2. The molecule has 0 bridgehead atoms. The van der Waals surface area contributed by atoms with Crippen molar-refractivity contribution in [2.24, 2.45) is 0 Å². The Bertz CT molecular complexity index is 730. The van der Waals surface area contributed by atoms with Crippen LogP contribution in [0, 0.1) is 0 Å². The van der Waals surface area contributed by atoms with Crippen LogP contribution in [0.1, 0.15) is 24.9 Å². The first kappa shape index (κ1) is 15.8. The van der Waals surface area contributed by atoms with Crippen LogP contribution in [0.5, 0.6) is 11.5 Å². The Balaban J connectivity index is 2.16. The van der Waals surface area contributed by atoms with Crippen LogP contribution in [-0.4, -0.2) is 31.1 Å². The second kappa shape index (κ2) is 6.91. The van der Waals surface area contributed by atoms with Gasteiger partial charge in [-0.05, 0) is 35.9 Å². The number of benzene rings is 1. The Kier molecular flexibility index (Phi) is 4.95. The van der Waals surface area contributed by atoms with E-state index in [1.54, 1.807) is 31.4 Å². The normalized spacial score (nSPS) is 10.6. The topological polar surface area (TPSA) is 72.8 Å². The van der Waals surface area contributed by atoms with Gasteiger partial charge in [0.05, 0.1) is 19.1 Å². The molecule has 0 spiro atoms. The molecule has 1 aromatic heterocycles. The van der Waals surface area contributed by atoms with Gasteiger partial charge < -0.3 is 14.6 Å². The van der Waals surface area contributed by atoms with Crippen molar-refractivity contribution < 1.29 is 24.2 Å². The van der Waals surface area contributed by atoms with Gasteiger partial charge in [-0.25, -0.2) is 4.79 Å². The average molecular weight is 318 g/mol. The Morgan fingerprint density at radius 2 is 1.73 bits per heavy atom. The standard InChI is InChI=1S/C16H14O5S/c1-20-12-6-4-10(9-13(12)21-2)3-5-11(17)14-7-8-15(22-14)16(18)19/h3-9H,1-2H3,(H,18,19)/b5-3+. The van der Waals surface area contributed by atoms with Crippen molar-refractivity contribution >= 4 is 29.2 Å². The Labute approximate surface area is 131 Å². The van der Waals surface area contributed by atoms with Crippen LogP contribution in [0.3, 0.4) is 0 Å². The molecule has 2 rings (SSSR count). The molecule has 22 heavy (non-hydrogen) atoms. The maximum atomic E-state index is 12.0. The Morgan fingerprint density at radius 1 is 1.05 bits per heavy atom. The van der Waals surface area contributed by atoms with Crippen LogP contribution in [0.15, 0.2) is 36.4 Å². The smallest absolute Gasteiger partial charge is 0.345 e. The van der Waals surface area contributed by atoms with E-state index in [1.165, 1.54) is 25.3 Å². The molecule has 114 valence electrons. The summed E-state index contributed by atoms with van der Waals surface area (Å²) in [4.78, 5) is 23.3. The number of rotatable bonds is 6. The highest BCUT2D eigenvalue weighted by Gasteiger charge is 2.11. The van der Waals surface area contributed by atoms with Crippen LogP contribution in [0.4, 0.5) is 0 Å². The van der Waals surface area contributed by atoms with Gasteiger partial charge in [0.2, 0.25) is 0 Å². The number of allylic oxidation sites excluding steroid dienone is 1. The van der Waals surface area contributed by atoms with Crippen LogP contribution in [-0.2, 0) is 0 Å². The zero-order valence-electron chi connectivity index (χ0n) is 12.0. The first-order chi connectivity index (χ1) is 10.5. The van der Waals surface area contributed by atoms with Crippen molar-refractivity contribution in [2.75, 3.05) is 14.2 Å². The van der Waals surface area contributed by atoms with Crippen molar-refractivity contribution in [1.29, 1.82) is 0 Å². The van der Waals surface area contributed by atoms with Crippen LogP contribution < -0.4 is 9.47 Å². The molecule has 0 fully saturated rings. The lowest BCUT2D eigenvalue weighted by Gasteiger charge is -2.07. The second-order valence-corrected chi connectivity index (χ2v) is 5.36. The fourth-order valence-electron chi connectivity index (χ4n) is 1.80. The lowest BCUT2D eigenvalue weighted by molar-refractivity contribution is 0.0702. The minimum absolute atomic E-state index is 0.142. The van der Waals surface area contributed by atoms with E-state index in [1.807, 2.05) is 0 Å². The van der Waals surface area contributed by atoms with Crippen molar-refractivity contribution in [2.45, 2.75) is 0 Å². The Morgan fingerprint density at radius 3 is 2.32 bits per heavy atom. The average Bonchev–Trinajstić information content (AvgIpc) is 3.02. The molecule has 0 saturated carbocycles. The number of methoxy groups -OCH3 is 2. The van der Waals surface area contributed by atoms with E-state index in [0.717, 1.165) is 16.9 Å². The van der Waals surface area contributed by atoms with E-state index < -0.39 is 5.97 Å². The van der Waals surface area contributed by atoms with E-state index in [-0.39, 0.29) is 10.7 Å². The SMILES string of the molecule is COc1ccc(/C=C/C(=O)c2ccc(C(=O)O)s2)cc1OC. The van der Waals surface area contributed by atoms with E-state index >= 15 is 0 Å². The first-order valence-electron chi connectivity index (χ1n) is 6.32. The van der Waals surface area contributed by atoms with E-state index in [2.05, 4.69) is 0 Å². The van der Waals surface area contributed by atoms with Crippen LogP contribution in [0.25, 0.3) is 6.08 Å². The molecular weight excluding hydrogens is 304 g/mol. The highest BCUT2D eigenvalue weighted by atomic mass is 32.1. The monoisotopic (exact) mass is 318 g/mol. The number of hydrogen-bond donors (Lipinski definition) is 1. The summed E-state index contributed by atoms with van der Waals surface area (Å²) in [6.07, 6.45) is 3.04. The van der Waals surface area contributed by atoms with Gasteiger partial charge in [-0.2, -0.15) is 0 Å².